The largest absolute Gasteiger partial charge is 0.493 e. The number of benzene rings is 2. The molecule has 0 aliphatic heterocycles. The first-order valence-electron chi connectivity index (χ1n) is 6.38. The number of hydrazone groups is 1. The Morgan fingerprint density at radius 3 is 2.67 bits per heavy atom. The SMILES string of the molecule is NN=Cc1ccc(CCOc2cccc([N+](=O)[O-])c2)cc1. The maximum Gasteiger partial charge on any atom is 0.273 e. The fourth-order valence-electron chi connectivity index (χ4n) is 1.83. The third kappa shape index (κ3) is 4.31. The van der Waals surface area contributed by atoms with Gasteiger partial charge < -0.3 is 10.6 Å². The summed E-state index contributed by atoms with van der Waals surface area (Å²) in [5.41, 5.74) is 2.06. The van der Waals surface area contributed by atoms with E-state index < -0.39 is 4.92 Å². The van der Waals surface area contributed by atoms with Crippen LogP contribution in [0.5, 0.6) is 5.75 Å². The lowest BCUT2D eigenvalue weighted by Gasteiger charge is -2.06. The van der Waals surface area contributed by atoms with Gasteiger partial charge in [0.15, 0.2) is 0 Å². The van der Waals surface area contributed by atoms with Crippen LogP contribution in [0.4, 0.5) is 5.69 Å². The summed E-state index contributed by atoms with van der Waals surface area (Å²) in [6, 6.07) is 13.9. The third-order valence-corrected chi connectivity index (χ3v) is 2.89. The van der Waals surface area contributed by atoms with E-state index in [1.54, 1.807) is 18.3 Å². The van der Waals surface area contributed by atoms with Gasteiger partial charge in [-0.05, 0) is 17.2 Å². The second-order valence-corrected chi connectivity index (χ2v) is 4.37. The van der Waals surface area contributed by atoms with E-state index in [2.05, 4.69) is 5.10 Å². The van der Waals surface area contributed by atoms with Crippen LogP contribution in [-0.4, -0.2) is 17.7 Å². The van der Waals surface area contributed by atoms with Gasteiger partial charge in [0.05, 0.1) is 23.8 Å². The molecule has 21 heavy (non-hydrogen) atoms. The van der Waals surface area contributed by atoms with Gasteiger partial charge >= 0.3 is 0 Å². The highest BCUT2D eigenvalue weighted by atomic mass is 16.6. The first kappa shape index (κ1) is 14.5. The van der Waals surface area contributed by atoms with Crippen molar-refractivity contribution >= 4 is 11.9 Å². The molecule has 0 aliphatic rings. The predicted molar refractivity (Wildman–Crippen MR) is 80.5 cm³/mol. The van der Waals surface area contributed by atoms with E-state index in [-0.39, 0.29) is 5.69 Å². The highest BCUT2D eigenvalue weighted by Crippen LogP contribution is 2.19. The van der Waals surface area contributed by atoms with Crippen LogP contribution in [0.2, 0.25) is 0 Å². The number of nitrogens with two attached hydrogens (primary N) is 1. The van der Waals surface area contributed by atoms with Gasteiger partial charge in [-0.15, -0.1) is 0 Å². The first-order chi connectivity index (χ1) is 10.2. The molecule has 0 radical (unpaired) electrons. The van der Waals surface area contributed by atoms with E-state index in [0.29, 0.717) is 18.8 Å². The quantitative estimate of drug-likeness (QED) is 0.382. The summed E-state index contributed by atoms with van der Waals surface area (Å²) in [6.45, 7) is 0.450. The van der Waals surface area contributed by atoms with Crippen molar-refractivity contribution in [2.24, 2.45) is 10.9 Å². The van der Waals surface area contributed by atoms with Crippen LogP contribution in [0.25, 0.3) is 0 Å². The second kappa shape index (κ2) is 7.04. The Labute approximate surface area is 122 Å². The Bertz CT molecular complexity index is 639. The Kier molecular flexibility index (Phi) is 4.87. The molecule has 0 saturated carbocycles. The van der Waals surface area contributed by atoms with E-state index in [0.717, 1.165) is 11.1 Å². The fraction of sp³-hybridized carbons (Fsp3) is 0.133. The van der Waals surface area contributed by atoms with Crippen molar-refractivity contribution in [2.75, 3.05) is 6.61 Å². The summed E-state index contributed by atoms with van der Waals surface area (Å²) in [6.07, 6.45) is 2.28. The molecular formula is C15H15N3O3. The summed E-state index contributed by atoms with van der Waals surface area (Å²) in [4.78, 5) is 10.2. The summed E-state index contributed by atoms with van der Waals surface area (Å²) < 4.78 is 5.53. The van der Waals surface area contributed by atoms with Gasteiger partial charge in [0.1, 0.15) is 5.75 Å². The average Bonchev–Trinajstić information content (AvgIpc) is 2.50. The lowest BCUT2D eigenvalue weighted by atomic mass is 10.1. The minimum absolute atomic E-state index is 0.0259. The molecule has 0 bridgehead atoms. The zero-order chi connectivity index (χ0) is 15.1. The van der Waals surface area contributed by atoms with Crippen molar-refractivity contribution in [3.63, 3.8) is 0 Å². The summed E-state index contributed by atoms with van der Waals surface area (Å²) in [5.74, 6) is 5.57. The summed E-state index contributed by atoms with van der Waals surface area (Å²) in [7, 11) is 0. The van der Waals surface area contributed by atoms with Gasteiger partial charge in [-0.1, -0.05) is 30.3 Å². The maximum absolute atomic E-state index is 10.7. The molecule has 108 valence electrons. The third-order valence-electron chi connectivity index (χ3n) is 2.89. The molecule has 2 N–H and O–H groups in total. The maximum atomic E-state index is 10.7. The average molecular weight is 285 g/mol. The van der Waals surface area contributed by atoms with Gasteiger partial charge in [0.25, 0.3) is 5.69 Å². The van der Waals surface area contributed by atoms with Gasteiger partial charge in [0.2, 0.25) is 0 Å². The molecule has 0 unspecified atom stereocenters. The van der Waals surface area contributed by atoms with Gasteiger partial charge in [-0.2, -0.15) is 5.10 Å². The van der Waals surface area contributed by atoms with Crippen LogP contribution in [0.3, 0.4) is 0 Å². The van der Waals surface area contributed by atoms with E-state index in [9.17, 15) is 10.1 Å². The van der Waals surface area contributed by atoms with E-state index in [4.69, 9.17) is 10.6 Å². The molecule has 0 aliphatic carbocycles. The van der Waals surface area contributed by atoms with E-state index in [1.807, 2.05) is 24.3 Å². The molecule has 6 nitrogen and oxygen atoms in total. The normalized spacial score (nSPS) is 10.7. The fourth-order valence-corrected chi connectivity index (χ4v) is 1.83. The van der Waals surface area contributed by atoms with Crippen LogP contribution in [0, 0.1) is 10.1 Å². The van der Waals surface area contributed by atoms with Crippen molar-refractivity contribution in [2.45, 2.75) is 6.42 Å². The minimum Gasteiger partial charge on any atom is -0.493 e. The zero-order valence-electron chi connectivity index (χ0n) is 11.3. The number of hydrogen-bond donors (Lipinski definition) is 1. The van der Waals surface area contributed by atoms with E-state index >= 15 is 0 Å². The summed E-state index contributed by atoms with van der Waals surface area (Å²) >= 11 is 0. The Morgan fingerprint density at radius 1 is 1.24 bits per heavy atom. The Morgan fingerprint density at radius 2 is 2.00 bits per heavy atom. The predicted octanol–water partition coefficient (Wildman–Crippen LogP) is 2.51. The van der Waals surface area contributed by atoms with Crippen LogP contribution >= 0.6 is 0 Å². The van der Waals surface area contributed by atoms with Crippen LogP contribution in [0.15, 0.2) is 53.6 Å². The number of nitro benzene ring substituents is 1. The molecule has 0 aromatic heterocycles. The van der Waals surface area contributed by atoms with Gasteiger partial charge in [0, 0.05) is 12.5 Å². The molecule has 0 fully saturated rings. The molecule has 2 rings (SSSR count). The molecule has 2 aromatic carbocycles. The number of hydrogen-bond acceptors (Lipinski definition) is 5. The molecular weight excluding hydrogens is 270 g/mol. The number of non-ortho nitro benzene ring substituents is 1. The smallest absolute Gasteiger partial charge is 0.273 e. The molecule has 0 amide bonds. The van der Waals surface area contributed by atoms with Crippen LogP contribution in [-0.2, 0) is 6.42 Å². The van der Waals surface area contributed by atoms with Crippen LogP contribution < -0.4 is 10.6 Å². The highest BCUT2D eigenvalue weighted by Gasteiger charge is 2.06. The Hall–Kier alpha value is -2.89. The summed E-state index contributed by atoms with van der Waals surface area (Å²) in [5, 5.41) is 14.1. The first-order valence-corrected chi connectivity index (χ1v) is 6.38. The van der Waals surface area contributed by atoms with Crippen molar-refractivity contribution in [1.29, 1.82) is 0 Å². The number of ether oxygens (including phenoxy) is 1. The standard InChI is InChI=1S/C15H15N3O3/c16-17-11-13-6-4-12(5-7-13)8-9-21-15-3-1-2-14(10-15)18(19)20/h1-7,10-11H,8-9,16H2. The van der Waals surface area contributed by atoms with Crippen molar-refractivity contribution in [3.8, 4) is 5.75 Å². The molecule has 6 heteroatoms. The van der Waals surface area contributed by atoms with Crippen molar-refractivity contribution in [1.82, 2.24) is 0 Å². The lowest BCUT2D eigenvalue weighted by Crippen LogP contribution is -2.02. The molecule has 0 atom stereocenters. The van der Waals surface area contributed by atoms with Crippen molar-refractivity contribution < 1.29 is 9.66 Å². The number of rotatable bonds is 6. The Balaban J connectivity index is 1.89. The van der Waals surface area contributed by atoms with E-state index in [1.165, 1.54) is 12.1 Å². The lowest BCUT2D eigenvalue weighted by molar-refractivity contribution is -0.384. The van der Waals surface area contributed by atoms with Crippen molar-refractivity contribution in [3.05, 3.63) is 69.8 Å². The molecule has 0 heterocycles. The second-order valence-electron chi connectivity index (χ2n) is 4.37. The highest BCUT2D eigenvalue weighted by molar-refractivity contribution is 5.79. The molecule has 2 aromatic rings. The number of nitro groups is 1. The van der Waals surface area contributed by atoms with Gasteiger partial charge in [-0.3, -0.25) is 10.1 Å². The monoisotopic (exact) mass is 285 g/mol. The topological polar surface area (TPSA) is 90.8 Å². The zero-order valence-corrected chi connectivity index (χ0v) is 11.3. The van der Waals surface area contributed by atoms with Gasteiger partial charge in [-0.25, -0.2) is 0 Å². The minimum atomic E-state index is -0.440. The van der Waals surface area contributed by atoms with Crippen LogP contribution in [0.1, 0.15) is 11.1 Å². The number of nitrogens with zero attached hydrogens (tertiary/aromatic N) is 2. The molecule has 0 spiro atoms. The molecule has 0 saturated heterocycles.